The first-order valence-corrected chi connectivity index (χ1v) is 10.2. The van der Waals surface area contributed by atoms with Crippen LogP contribution < -0.4 is 14.4 Å². The highest BCUT2D eigenvalue weighted by Gasteiger charge is 2.35. The van der Waals surface area contributed by atoms with Gasteiger partial charge >= 0.3 is 12.4 Å². The average molecular weight is 506 g/mol. The molecular weight excluding hydrogens is 488 g/mol. The summed E-state index contributed by atoms with van der Waals surface area (Å²) in [5, 5.41) is 0. The van der Waals surface area contributed by atoms with E-state index in [0.29, 0.717) is 37.4 Å². The molecule has 0 aliphatic heterocycles. The first-order valence-electron chi connectivity index (χ1n) is 10.2. The van der Waals surface area contributed by atoms with E-state index in [1.807, 2.05) is 0 Å². The van der Waals surface area contributed by atoms with E-state index in [4.69, 9.17) is 9.47 Å². The summed E-state index contributed by atoms with van der Waals surface area (Å²) in [6, 6.07) is 5.42. The molecule has 0 radical (unpaired) electrons. The second-order valence-electron chi connectivity index (χ2n) is 7.12. The van der Waals surface area contributed by atoms with Crippen LogP contribution in [0, 0.1) is 11.6 Å². The highest BCUT2D eigenvalue weighted by atomic mass is 19.4. The van der Waals surface area contributed by atoms with Crippen molar-refractivity contribution in [1.29, 1.82) is 0 Å². The predicted octanol–water partition coefficient (Wildman–Crippen LogP) is 7.83. The maximum absolute atomic E-state index is 13.7. The Morgan fingerprint density at radius 3 is 1.69 bits per heavy atom. The number of benzene rings is 2. The van der Waals surface area contributed by atoms with Crippen molar-refractivity contribution in [3.63, 3.8) is 0 Å². The fraction of sp³-hybridized carbons (Fsp3) is 0.261. The Balaban J connectivity index is 2.06. The summed E-state index contributed by atoms with van der Waals surface area (Å²) in [6.45, 7) is 4.15. The molecule has 4 nitrogen and oxygen atoms in total. The summed E-state index contributed by atoms with van der Waals surface area (Å²) in [7, 11) is 0. The molecule has 2 aromatic carbocycles. The molecule has 0 aliphatic rings. The van der Waals surface area contributed by atoms with E-state index in [1.165, 1.54) is 12.3 Å². The fourth-order valence-corrected chi connectivity index (χ4v) is 3.21. The van der Waals surface area contributed by atoms with Gasteiger partial charge in [-0.2, -0.15) is 26.3 Å². The third kappa shape index (κ3) is 5.92. The molecule has 35 heavy (non-hydrogen) atoms. The van der Waals surface area contributed by atoms with Crippen molar-refractivity contribution in [3.8, 4) is 23.1 Å². The smallest absolute Gasteiger partial charge is 0.419 e. The molecule has 3 aromatic rings. The number of alkyl halides is 6. The van der Waals surface area contributed by atoms with Crippen molar-refractivity contribution in [2.45, 2.75) is 26.2 Å². The molecule has 0 spiro atoms. The number of aromatic nitrogens is 1. The van der Waals surface area contributed by atoms with E-state index >= 15 is 0 Å². The summed E-state index contributed by atoms with van der Waals surface area (Å²) in [5.41, 5.74) is -2.96. The Bertz CT molecular complexity index is 1110. The quantitative estimate of drug-likeness (QED) is 0.306. The second-order valence-corrected chi connectivity index (χ2v) is 7.12. The molecule has 188 valence electrons. The van der Waals surface area contributed by atoms with Gasteiger partial charge in [0.05, 0.1) is 11.1 Å². The van der Waals surface area contributed by atoms with Gasteiger partial charge < -0.3 is 14.4 Å². The largest absolute Gasteiger partial charge is 0.455 e. The van der Waals surface area contributed by atoms with E-state index in [-0.39, 0.29) is 28.8 Å². The maximum Gasteiger partial charge on any atom is 0.419 e. The minimum atomic E-state index is -4.97. The lowest BCUT2D eigenvalue weighted by Crippen LogP contribution is -2.23. The fourth-order valence-electron chi connectivity index (χ4n) is 3.21. The van der Waals surface area contributed by atoms with E-state index in [2.05, 4.69) is 4.98 Å². The van der Waals surface area contributed by atoms with Crippen molar-refractivity contribution >= 4 is 5.69 Å². The molecular formula is C23H18F8N2O2. The summed E-state index contributed by atoms with van der Waals surface area (Å²) >= 11 is 0. The normalized spacial score (nSPS) is 11.9. The molecule has 0 unspecified atom stereocenters. The highest BCUT2D eigenvalue weighted by Crippen LogP contribution is 2.42. The first-order chi connectivity index (χ1) is 16.3. The van der Waals surface area contributed by atoms with Gasteiger partial charge in [-0.25, -0.2) is 13.8 Å². The van der Waals surface area contributed by atoms with Crippen molar-refractivity contribution in [2.75, 3.05) is 18.0 Å². The Hall–Kier alpha value is -3.57. The Labute approximate surface area is 194 Å². The lowest BCUT2D eigenvalue weighted by Gasteiger charge is -2.25. The molecule has 12 heteroatoms. The number of ether oxygens (including phenoxy) is 2. The standard InChI is InChI=1S/C23H18F8N2O2/c1-3-33(4-2)20-19(34-13-5-7-17(24)15(11-13)22(26,27)28)9-10-32-21(20)35-14-6-8-18(25)16(12-14)23(29,30)31/h5-12H,3-4H2,1-2H3. The molecule has 0 bridgehead atoms. The Morgan fingerprint density at radius 1 is 0.743 bits per heavy atom. The second kappa shape index (κ2) is 9.96. The van der Waals surface area contributed by atoms with Crippen LogP contribution >= 0.6 is 0 Å². The van der Waals surface area contributed by atoms with Gasteiger partial charge in [-0.05, 0) is 50.2 Å². The molecule has 0 N–H and O–H groups in total. The molecule has 3 rings (SSSR count). The topological polar surface area (TPSA) is 34.6 Å². The Kier molecular flexibility index (Phi) is 7.41. The van der Waals surface area contributed by atoms with Gasteiger partial charge in [-0.1, -0.05) is 0 Å². The van der Waals surface area contributed by atoms with Gasteiger partial charge in [0.2, 0.25) is 5.88 Å². The van der Waals surface area contributed by atoms with Gasteiger partial charge in [0.25, 0.3) is 0 Å². The average Bonchev–Trinajstić information content (AvgIpc) is 2.77. The minimum absolute atomic E-state index is 0.0448. The van der Waals surface area contributed by atoms with Crippen LogP contribution in [0.15, 0.2) is 48.7 Å². The number of hydrogen-bond donors (Lipinski definition) is 0. The Morgan fingerprint density at radius 2 is 1.23 bits per heavy atom. The molecule has 0 saturated heterocycles. The zero-order chi connectivity index (χ0) is 26.0. The minimum Gasteiger partial charge on any atom is -0.455 e. The lowest BCUT2D eigenvalue weighted by molar-refractivity contribution is -0.140. The molecule has 0 aliphatic carbocycles. The summed E-state index contributed by atoms with van der Waals surface area (Å²) < 4.78 is 117. The van der Waals surface area contributed by atoms with Crippen molar-refractivity contribution in [1.82, 2.24) is 4.98 Å². The zero-order valence-electron chi connectivity index (χ0n) is 18.3. The van der Waals surface area contributed by atoms with Gasteiger partial charge in [-0.15, -0.1) is 0 Å². The van der Waals surface area contributed by atoms with Gasteiger partial charge in [0.15, 0.2) is 5.75 Å². The predicted molar refractivity (Wildman–Crippen MR) is 111 cm³/mol. The first kappa shape index (κ1) is 26.0. The third-order valence-corrected chi connectivity index (χ3v) is 4.86. The number of pyridine rings is 1. The van der Waals surface area contributed by atoms with Crippen molar-refractivity contribution in [3.05, 3.63) is 71.4 Å². The SMILES string of the molecule is CCN(CC)c1c(Oc2ccc(F)c(C(F)(F)F)c2)ccnc1Oc1ccc(F)c(C(F)(F)F)c1. The van der Waals surface area contributed by atoms with Crippen LogP contribution in [0.1, 0.15) is 25.0 Å². The molecule has 0 atom stereocenters. The van der Waals surface area contributed by atoms with Crippen LogP contribution in [0.2, 0.25) is 0 Å². The van der Waals surface area contributed by atoms with E-state index in [9.17, 15) is 35.1 Å². The molecule has 0 fully saturated rings. The number of hydrogen-bond acceptors (Lipinski definition) is 4. The van der Waals surface area contributed by atoms with E-state index < -0.39 is 35.1 Å². The van der Waals surface area contributed by atoms with Gasteiger partial charge in [0.1, 0.15) is 28.8 Å². The summed E-state index contributed by atoms with van der Waals surface area (Å²) in [5.74, 6) is -3.97. The molecule has 1 aromatic heterocycles. The number of nitrogens with zero attached hydrogens (tertiary/aromatic N) is 2. The van der Waals surface area contributed by atoms with Crippen LogP contribution in [-0.4, -0.2) is 18.1 Å². The van der Waals surface area contributed by atoms with Crippen LogP contribution in [0.5, 0.6) is 23.1 Å². The van der Waals surface area contributed by atoms with Gasteiger partial charge in [0, 0.05) is 25.4 Å². The summed E-state index contributed by atoms with van der Waals surface area (Å²) in [4.78, 5) is 5.66. The lowest BCUT2D eigenvalue weighted by atomic mass is 10.2. The van der Waals surface area contributed by atoms with Crippen LogP contribution in [0.25, 0.3) is 0 Å². The van der Waals surface area contributed by atoms with Crippen molar-refractivity contribution in [2.24, 2.45) is 0 Å². The molecule has 1 heterocycles. The molecule has 0 amide bonds. The van der Waals surface area contributed by atoms with Crippen LogP contribution in [-0.2, 0) is 12.4 Å². The third-order valence-electron chi connectivity index (χ3n) is 4.86. The van der Waals surface area contributed by atoms with Crippen molar-refractivity contribution < 1.29 is 44.6 Å². The van der Waals surface area contributed by atoms with E-state index in [0.717, 1.165) is 12.1 Å². The monoisotopic (exact) mass is 506 g/mol. The zero-order valence-corrected chi connectivity index (χ0v) is 18.3. The number of halogens is 8. The number of anilines is 1. The van der Waals surface area contributed by atoms with E-state index in [1.54, 1.807) is 18.7 Å². The highest BCUT2D eigenvalue weighted by molar-refractivity contribution is 5.66. The molecule has 0 saturated carbocycles. The van der Waals surface area contributed by atoms with Crippen LogP contribution in [0.3, 0.4) is 0 Å². The van der Waals surface area contributed by atoms with Gasteiger partial charge in [-0.3, -0.25) is 0 Å². The maximum atomic E-state index is 13.7. The van der Waals surface area contributed by atoms with Crippen LogP contribution in [0.4, 0.5) is 40.8 Å². The number of rotatable bonds is 7. The summed E-state index contributed by atoms with van der Waals surface area (Å²) in [6.07, 6.45) is -8.77.